The number of ether oxygens (including phenoxy) is 2. The molecule has 0 radical (unpaired) electrons. The molecule has 0 aliphatic heterocycles. The molecule has 0 heterocycles. The Morgan fingerprint density at radius 2 is 1.95 bits per heavy atom. The molecule has 0 aliphatic carbocycles. The lowest BCUT2D eigenvalue weighted by atomic mass is 10.2. The van der Waals surface area contributed by atoms with Gasteiger partial charge in [0.05, 0.1) is 6.61 Å². The molecule has 7 heteroatoms. The lowest BCUT2D eigenvalue weighted by Gasteiger charge is -2.12. The summed E-state index contributed by atoms with van der Waals surface area (Å²) in [7, 11) is 0. The summed E-state index contributed by atoms with van der Waals surface area (Å²) in [4.78, 5) is 0. The first kappa shape index (κ1) is 18.3. The summed E-state index contributed by atoms with van der Waals surface area (Å²) in [6, 6.07) is 5.31. The Morgan fingerprint density at radius 1 is 1.24 bits per heavy atom. The molecule has 1 N–H and O–H groups in total. The summed E-state index contributed by atoms with van der Waals surface area (Å²) in [5, 5.41) is 3.30. The van der Waals surface area contributed by atoms with Crippen molar-refractivity contribution in [3.05, 3.63) is 28.2 Å². The van der Waals surface area contributed by atoms with Crippen LogP contribution in [0.25, 0.3) is 0 Å². The van der Waals surface area contributed by atoms with Crippen LogP contribution in [0.4, 0.5) is 13.2 Å². The van der Waals surface area contributed by atoms with Crippen molar-refractivity contribution in [1.29, 1.82) is 0 Å². The van der Waals surface area contributed by atoms with Crippen molar-refractivity contribution in [1.82, 2.24) is 5.32 Å². The van der Waals surface area contributed by atoms with Gasteiger partial charge < -0.3 is 10.1 Å². The second-order valence-electron chi connectivity index (χ2n) is 4.92. The zero-order valence-corrected chi connectivity index (χ0v) is 13.6. The van der Waals surface area contributed by atoms with Crippen molar-refractivity contribution in [2.45, 2.75) is 26.8 Å². The van der Waals surface area contributed by atoms with Crippen molar-refractivity contribution in [3.63, 3.8) is 0 Å². The minimum atomic E-state index is -4.62. The Morgan fingerprint density at radius 3 is 2.57 bits per heavy atom. The van der Waals surface area contributed by atoms with Gasteiger partial charge in [-0.3, -0.25) is 4.74 Å². The van der Waals surface area contributed by atoms with E-state index in [0.29, 0.717) is 18.2 Å². The highest BCUT2D eigenvalue weighted by atomic mass is 79.9. The number of alkyl halides is 3. The van der Waals surface area contributed by atoms with Crippen LogP contribution in [0.5, 0.6) is 5.75 Å². The van der Waals surface area contributed by atoms with Crippen LogP contribution in [0.15, 0.2) is 22.7 Å². The number of nitrogens with one attached hydrogen (secondary N) is 1. The number of hydrogen-bond acceptors (Lipinski definition) is 3. The highest BCUT2D eigenvalue weighted by Gasteiger charge is 2.28. The van der Waals surface area contributed by atoms with Crippen LogP contribution in [-0.2, 0) is 11.3 Å². The third-order valence-electron chi connectivity index (χ3n) is 2.50. The molecule has 3 nitrogen and oxygen atoms in total. The molecule has 0 aromatic heterocycles. The molecule has 1 aromatic rings. The highest BCUT2D eigenvalue weighted by molar-refractivity contribution is 9.10. The van der Waals surface area contributed by atoms with Crippen molar-refractivity contribution in [2.24, 2.45) is 5.92 Å². The smallest absolute Gasteiger partial charge is 0.491 e. The van der Waals surface area contributed by atoms with Crippen molar-refractivity contribution < 1.29 is 22.6 Å². The maximum absolute atomic E-state index is 11.8. The lowest BCUT2D eigenvalue weighted by molar-refractivity contribution is -0.325. The predicted octanol–water partition coefficient (Wildman–Crippen LogP) is 4.11. The summed E-state index contributed by atoms with van der Waals surface area (Å²) >= 11 is 3.44. The van der Waals surface area contributed by atoms with Gasteiger partial charge in [0.15, 0.2) is 0 Å². The zero-order valence-electron chi connectivity index (χ0n) is 12.0. The summed E-state index contributed by atoms with van der Waals surface area (Å²) < 4.78 is 45.3. The van der Waals surface area contributed by atoms with Gasteiger partial charge in [0.25, 0.3) is 0 Å². The second kappa shape index (κ2) is 8.60. The van der Waals surface area contributed by atoms with Crippen LogP contribution in [0.3, 0.4) is 0 Å². The molecule has 0 saturated heterocycles. The number of rotatable bonds is 8. The van der Waals surface area contributed by atoms with Crippen LogP contribution in [0, 0.1) is 5.92 Å². The molecule has 21 heavy (non-hydrogen) atoms. The molecule has 0 atom stereocenters. The summed E-state index contributed by atoms with van der Waals surface area (Å²) in [6.45, 7) is 5.09. The van der Waals surface area contributed by atoms with Crippen molar-refractivity contribution in [3.8, 4) is 5.75 Å². The average Bonchev–Trinajstić information content (AvgIpc) is 2.36. The maximum atomic E-state index is 11.8. The number of hydrogen-bond donors (Lipinski definition) is 1. The molecule has 0 spiro atoms. The van der Waals surface area contributed by atoms with E-state index in [4.69, 9.17) is 4.74 Å². The number of benzene rings is 1. The van der Waals surface area contributed by atoms with Crippen LogP contribution in [0.1, 0.15) is 19.4 Å². The van der Waals surface area contributed by atoms with Crippen molar-refractivity contribution >= 4 is 15.9 Å². The normalized spacial score (nSPS) is 12.0. The fourth-order valence-corrected chi connectivity index (χ4v) is 1.98. The van der Waals surface area contributed by atoms with Crippen LogP contribution >= 0.6 is 15.9 Å². The lowest BCUT2D eigenvalue weighted by Crippen LogP contribution is -2.19. The van der Waals surface area contributed by atoms with Gasteiger partial charge in [-0.25, -0.2) is 0 Å². The van der Waals surface area contributed by atoms with E-state index >= 15 is 0 Å². The molecular weight excluding hydrogens is 351 g/mol. The minimum absolute atomic E-state index is 0.153. The van der Waals surface area contributed by atoms with E-state index in [9.17, 15) is 13.2 Å². The molecule has 120 valence electrons. The Labute approximate surface area is 130 Å². The van der Waals surface area contributed by atoms with Gasteiger partial charge in [0.1, 0.15) is 12.4 Å². The van der Waals surface area contributed by atoms with Gasteiger partial charge >= 0.3 is 6.36 Å². The minimum Gasteiger partial charge on any atom is -0.491 e. The van der Waals surface area contributed by atoms with Crippen LogP contribution in [0.2, 0.25) is 0 Å². The first-order chi connectivity index (χ1) is 9.78. The van der Waals surface area contributed by atoms with Gasteiger partial charge in [0, 0.05) is 11.0 Å². The monoisotopic (exact) mass is 369 g/mol. The quantitative estimate of drug-likeness (QED) is 0.699. The van der Waals surface area contributed by atoms with Gasteiger partial charge in [-0.15, -0.1) is 13.2 Å². The SMILES string of the molecule is CC(C)CNCc1cc(OCCOC(F)(F)F)ccc1Br. The van der Waals surface area contributed by atoms with Crippen LogP contribution in [-0.4, -0.2) is 26.1 Å². The third-order valence-corrected chi connectivity index (χ3v) is 3.28. The Hall–Kier alpha value is -0.790. The van der Waals surface area contributed by atoms with Crippen molar-refractivity contribution in [2.75, 3.05) is 19.8 Å². The number of halogens is 4. The molecule has 0 bridgehead atoms. The van der Waals surface area contributed by atoms with Gasteiger partial charge in [0.2, 0.25) is 0 Å². The predicted molar refractivity (Wildman–Crippen MR) is 78.2 cm³/mol. The average molecular weight is 370 g/mol. The van der Waals surface area contributed by atoms with E-state index in [0.717, 1.165) is 16.6 Å². The molecule has 0 unspecified atom stereocenters. The molecule has 1 aromatic carbocycles. The van der Waals surface area contributed by atoms with E-state index in [1.165, 1.54) is 0 Å². The summed E-state index contributed by atoms with van der Waals surface area (Å²) in [6.07, 6.45) is -4.62. The third kappa shape index (κ3) is 8.28. The Kier molecular flexibility index (Phi) is 7.48. The fraction of sp³-hybridized carbons (Fsp3) is 0.571. The second-order valence-corrected chi connectivity index (χ2v) is 5.77. The molecule has 1 rings (SSSR count). The standard InChI is InChI=1S/C14H19BrF3NO2/c1-10(2)8-19-9-11-7-12(3-4-13(11)15)20-5-6-21-14(16,17)18/h3-4,7,10,19H,5-6,8-9H2,1-2H3. The molecule has 0 aliphatic rings. The molecular formula is C14H19BrF3NO2. The summed E-state index contributed by atoms with van der Waals surface area (Å²) in [5.41, 5.74) is 0.991. The van der Waals surface area contributed by atoms with Gasteiger partial charge in [-0.1, -0.05) is 29.8 Å². The van der Waals surface area contributed by atoms with Gasteiger partial charge in [-0.2, -0.15) is 0 Å². The van der Waals surface area contributed by atoms with E-state index in [-0.39, 0.29) is 6.61 Å². The molecule has 0 amide bonds. The zero-order chi connectivity index (χ0) is 15.9. The van der Waals surface area contributed by atoms with Gasteiger partial charge in [-0.05, 0) is 36.2 Å². The molecule has 0 fully saturated rings. The van der Waals surface area contributed by atoms with E-state index in [1.54, 1.807) is 12.1 Å². The largest absolute Gasteiger partial charge is 0.522 e. The Bertz CT molecular complexity index is 439. The Balaban J connectivity index is 2.45. The van der Waals surface area contributed by atoms with E-state index in [1.807, 2.05) is 6.07 Å². The van der Waals surface area contributed by atoms with E-state index in [2.05, 4.69) is 39.8 Å². The first-order valence-corrected chi connectivity index (χ1v) is 7.40. The fourth-order valence-electron chi connectivity index (χ4n) is 1.59. The van der Waals surface area contributed by atoms with E-state index < -0.39 is 13.0 Å². The maximum Gasteiger partial charge on any atom is 0.522 e. The topological polar surface area (TPSA) is 30.5 Å². The summed E-state index contributed by atoms with van der Waals surface area (Å²) in [5.74, 6) is 1.06. The highest BCUT2D eigenvalue weighted by Crippen LogP contribution is 2.23. The van der Waals surface area contributed by atoms with Crippen LogP contribution < -0.4 is 10.1 Å². The first-order valence-electron chi connectivity index (χ1n) is 6.60. The molecule has 0 saturated carbocycles.